The number of nitrogens with one attached hydrogen (secondary N) is 1. The Bertz CT molecular complexity index is 309. The molecule has 1 heterocycles. The van der Waals surface area contributed by atoms with Crippen molar-refractivity contribution < 1.29 is 0 Å². The van der Waals surface area contributed by atoms with Gasteiger partial charge in [0.05, 0.1) is 0 Å². The van der Waals surface area contributed by atoms with Crippen molar-refractivity contribution in [1.82, 2.24) is 9.88 Å². The van der Waals surface area contributed by atoms with Crippen LogP contribution in [0.4, 0.5) is 0 Å². The third kappa shape index (κ3) is 5.49. The normalized spacial score (nSPS) is 12.8. The Labute approximate surface area is 117 Å². The van der Waals surface area contributed by atoms with Crippen molar-refractivity contribution in [1.29, 1.82) is 0 Å². The molecule has 0 aromatic carbocycles. The molecule has 0 amide bonds. The van der Waals surface area contributed by atoms with E-state index in [1.807, 2.05) is 11.8 Å². The quantitative estimate of drug-likeness (QED) is 0.644. The topological polar surface area (TPSA) is 17.0 Å². The van der Waals surface area contributed by atoms with Gasteiger partial charge >= 0.3 is 0 Å². The molecule has 2 nitrogen and oxygen atoms in total. The van der Waals surface area contributed by atoms with E-state index in [4.69, 9.17) is 0 Å². The van der Waals surface area contributed by atoms with Gasteiger partial charge < -0.3 is 9.88 Å². The zero-order valence-corrected chi connectivity index (χ0v) is 12.9. The van der Waals surface area contributed by atoms with Gasteiger partial charge in [0.25, 0.3) is 0 Å². The number of rotatable bonds is 10. The summed E-state index contributed by atoms with van der Waals surface area (Å²) < 4.78 is 2.34. The summed E-state index contributed by atoms with van der Waals surface area (Å²) in [5.41, 5.74) is 1.44. The van der Waals surface area contributed by atoms with Gasteiger partial charge in [0.2, 0.25) is 0 Å². The Balaban J connectivity index is 2.40. The largest absolute Gasteiger partial charge is 0.354 e. The standard InChI is InChI=1S/C15H28N2S/c1-4-9-16-15(5-2)14-8-11-17(13-14)10-7-12-18-6-3/h8,11,13,15-16H,4-7,9-10,12H2,1-3H3. The van der Waals surface area contributed by atoms with Crippen LogP contribution in [0, 0.1) is 0 Å². The van der Waals surface area contributed by atoms with Gasteiger partial charge in [-0.2, -0.15) is 11.8 Å². The van der Waals surface area contributed by atoms with Crippen LogP contribution >= 0.6 is 11.8 Å². The molecule has 1 rings (SSSR count). The van der Waals surface area contributed by atoms with Gasteiger partial charge in [0, 0.05) is 25.0 Å². The predicted octanol–water partition coefficient (Wildman–Crippen LogP) is 4.08. The Kier molecular flexibility index (Phi) is 8.27. The average molecular weight is 268 g/mol. The molecule has 0 spiro atoms. The molecule has 1 atom stereocenters. The summed E-state index contributed by atoms with van der Waals surface area (Å²) in [5.74, 6) is 2.51. The highest BCUT2D eigenvalue weighted by Crippen LogP contribution is 2.17. The minimum atomic E-state index is 0.524. The fraction of sp³-hybridized carbons (Fsp3) is 0.733. The summed E-state index contributed by atoms with van der Waals surface area (Å²) in [6.07, 6.45) is 8.17. The first-order chi connectivity index (χ1) is 8.81. The van der Waals surface area contributed by atoms with E-state index in [1.54, 1.807) is 0 Å². The third-order valence-corrected chi connectivity index (χ3v) is 4.12. The fourth-order valence-corrected chi connectivity index (χ4v) is 2.74. The van der Waals surface area contributed by atoms with Gasteiger partial charge in [-0.15, -0.1) is 0 Å². The second kappa shape index (κ2) is 9.51. The highest BCUT2D eigenvalue weighted by atomic mass is 32.2. The molecular weight excluding hydrogens is 240 g/mol. The number of aryl methyl sites for hydroxylation is 1. The number of hydrogen-bond donors (Lipinski definition) is 1. The maximum atomic E-state index is 3.61. The van der Waals surface area contributed by atoms with Crippen LogP contribution in [0.15, 0.2) is 18.5 Å². The average Bonchev–Trinajstić information content (AvgIpc) is 2.84. The lowest BCUT2D eigenvalue weighted by molar-refractivity contribution is 0.517. The third-order valence-electron chi connectivity index (χ3n) is 3.13. The molecule has 1 unspecified atom stereocenters. The maximum absolute atomic E-state index is 3.61. The predicted molar refractivity (Wildman–Crippen MR) is 83.4 cm³/mol. The van der Waals surface area contributed by atoms with E-state index in [2.05, 4.69) is 49.1 Å². The van der Waals surface area contributed by atoms with E-state index in [1.165, 1.54) is 29.9 Å². The number of thioether (sulfide) groups is 1. The minimum absolute atomic E-state index is 0.524. The summed E-state index contributed by atoms with van der Waals surface area (Å²) in [6.45, 7) is 8.95. The number of aromatic nitrogens is 1. The summed E-state index contributed by atoms with van der Waals surface area (Å²) in [6, 6.07) is 2.79. The molecule has 1 aromatic rings. The van der Waals surface area contributed by atoms with Crippen molar-refractivity contribution in [2.45, 2.75) is 52.6 Å². The van der Waals surface area contributed by atoms with E-state index in [-0.39, 0.29) is 0 Å². The van der Waals surface area contributed by atoms with E-state index < -0.39 is 0 Å². The van der Waals surface area contributed by atoms with Crippen molar-refractivity contribution in [3.05, 3.63) is 24.0 Å². The number of hydrogen-bond acceptors (Lipinski definition) is 2. The van der Waals surface area contributed by atoms with Crippen molar-refractivity contribution in [3.63, 3.8) is 0 Å². The van der Waals surface area contributed by atoms with Crippen molar-refractivity contribution in [3.8, 4) is 0 Å². The molecule has 0 saturated heterocycles. The van der Waals surface area contributed by atoms with Gasteiger partial charge in [0.15, 0.2) is 0 Å². The summed E-state index contributed by atoms with van der Waals surface area (Å²) >= 11 is 2.03. The molecular formula is C15H28N2S. The van der Waals surface area contributed by atoms with E-state index in [9.17, 15) is 0 Å². The summed E-state index contributed by atoms with van der Waals surface area (Å²) in [4.78, 5) is 0. The van der Waals surface area contributed by atoms with E-state index in [0.717, 1.165) is 19.5 Å². The van der Waals surface area contributed by atoms with Crippen molar-refractivity contribution >= 4 is 11.8 Å². The van der Waals surface area contributed by atoms with E-state index in [0.29, 0.717) is 6.04 Å². The lowest BCUT2D eigenvalue weighted by Gasteiger charge is -2.15. The Hall–Kier alpha value is -0.410. The zero-order chi connectivity index (χ0) is 13.2. The zero-order valence-electron chi connectivity index (χ0n) is 12.1. The van der Waals surface area contributed by atoms with E-state index >= 15 is 0 Å². The highest BCUT2D eigenvalue weighted by molar-refractivity contribution is 7.99. The van der Waals surface area contributed by atoms with Crippen molar-refractivity contribution in [2.75, 3.05) is 18.1 Å². The molecule has 0 aliphatic rings. The Morgan fingerprint density at radius 1 is 1.33 bits per heavy atom. The van der Waals surface area contributed by atoms with Gasteiger partial charge in [-0.3, -0.25) is 0 Å². The summed E-state index contributed by atoms with van der Waals surface area (Å²) in [7, 11) is 0. The molecule has 1 aromatic heterocycles. The first kappa shape index (κ1) is 15.6. The number of nitrogens with zero attached hydrogens (tertiary/aromatic N) is 1. The fourth-order valence-electron chi connectivity index (χ4n) is 2.11. The van der Waals surface area contributed by atoms with Crippen LogP contribution in [-0.2, 0) is 6.54 Å². The molecule has 18 heavy (non-hydrogen) atoms. The van der Waals surface area contributed by atoms with Gasteiger partial charge in [0.1, 0.15) is 0 Å². The van der Waals surface area contributed by atoms with Gasteiger partial charge in [-0.25, -0.2) is 0 Å². The SMILES string of the molecule is CCCNC(CC)c1ccn(CCCSCC)c1. The van der Waals surface area contributed by atoms with Crippen LogP contribution in [0.2, 0.25) is 0 Å². The second-order valence-corrected chi connectivity index (χ2v) is 6.04. The lowest BCUT2D eigenvalue weighted by atomic mass is 10.1. The second-order valence-electron chi connectivity index (χ2n) is 4.65. The molecule has 0 aliphatic heterocycles. The van der Waals surface area contributed by atoms with Gasteiger partial charge in [-0.1, -0.05) is 20.8 Å². The van der Waals surface area contributed by atoms with Crippen LogP contribution < -0.4 is 5.32 Å². The molecule has 0 aliphatic carbocycles. The highest BCUT2D eigenvalue weighted by Gasteiger charge is 2.09. The van der Waals surface area contributed by atoms with Gasteiger partial charge in [-0.05, 0) is 48.9 Å². The summed E-state index contributed by atoms with van der Waals surface area (Å²) in [5, 5.41) is 3.61. The first-order valence-electron chi connectivity index (χ1n) is 7.28. The van der Waals surface area contributed by atoms with Crippen molar-refractivity contribution in [2.24, 2.45) is 0 Å². The smallest absolute Gasteiger partial charge is 0.0332 e. The molecule has 104 valence electrons. The lowest BCUT2D eigenvalue weighted by Crippen LogP contribution is -2.21. The Morgan fingerprint density at radius 2 is 2.17 bits per heavy atom. The maximum Gasteiger partial charge on any atom is 0.0332 e. The Morgan fingerprint density at radius 3 is 2.83 bits per heavy atom. The molecule has 3 heteroatoms. The van der Waals surface area contributed by atoms with Crippen LogP contribution in [0.25, 0.3) is 0 Å². The first-order valence-corrected chi connectivity index (χ1v) is 8.44. The van der Waals surface area contributed by atoms with Crippen LogP contribution in [0.3, 0.4) is 0 Å². The van der Waals surface area contributed by atoms with Crippen LogP contribution in [0.5, 0.6) is 0 Å². The van der Waals surface area contributed by atoms with Crippen LogP contribution in [0.1, 0.15) is 51.6 Å². The molecule has 1 N–H and O–H groups in total. The minimum Gasteiger partial charge on any atom is -0.354 e. The van der Waals surface area contributed by atoms with Crippen LogP contribution in [-0.4, -0.2) is 22.6 Å². The molecule has 0 bridgehead atoms. The molecule has 0 fully saturated rings. The molecule has 0 radical (unpaired) electrons. The monoisotopic (exact) mass is 268 g/mol. The molecule has 0 saturated carbocycles.